The lowest BCUT2D eigenvalue weighted by molar-refractivity contribution is 0.152. The van der Waals surface area contributed by atoms with Crippen LogP contribution in [0.15, 0.2) is 22.7 Å². The second-order valence-electron chi connectivity index (χ2n) is 5.64. The summed E-state index contributed by atoms with van der Waals surface area (Å²) in [7, 11) is 0. The van der Waals surface area contributed by atoms with Gasteiger partial charge in [-0.25, -0.2) is 0 Å². The molecule has 3 heteroatoms. The number of likely N-dealkylation sites (tertiary alicyclic amines) is 1. The van der Waals surface area contributed by atoms with Gasteiger partial charge in [0.15, 0.2) is 0 Å². The molecule has 0 bridgehead atoms. The number of rotatable bonds is 3. The van der Waals surface area contributed by atoms with E-state index in [0.29, 0.717) is 5.75 Å². The zero-order chi connectivity index (χ0) is 13.1. The van der Waals surface area contributed by atoms with Gasteiger partial charge < -0.3 is 5.11 Å². The first-order chi connectivity index (χ1) is 8.56. The number of piperidine rings is 1. The molecule has 1 fully saturated rings. The van der Waals surface area contributed by atoms with Crippen LogP contribution >= 0.6 is 15.9 Å². The quantitative estimate of drug-likeness (QED) is 0.911. The summed E-state index contributed by atoms with van der Waals surface area (Å²) in [4.78, 5) is 2.51. The van der Waals surface area contributed by atoms with Crippen LogP contribution in [0.2, 0.25) is 0 Å². The van der Waals surface area contributed by atoms with Crippen LogP contribution in [-0.2, 0) is 6.54 Å². The van der Waals surface area contributed by atoms with Gasteiger partial charge in [-0.1, -0.05) is 19.9 Å². The molecule has 1 aromatic rings. The highest BCUT2D eigenvalue weighted by Crippen LogP contribution is 2.27. The first-order valence-corrected chi connectivity index (χ1v) is 7.55. The van der Waals surface area contributed by atoms with E-state index in [9.17, 15) is 5.11 Å². The second kappa shape index (κ2) is 6.07. The van der Waals surface area contributed by atoms with Crippen LogP contribution in [-0.4, -0.2) is 23.1 Å². The molecule has 1 N–H and O–H groups in total. The van der Waals surface area contributed by atoms with E-state index in [0.717, 1.165) is 22.9 Å². The third-order valence-corrected chi connectivity index (χ3v) is 4.63. The summed E-state index contributed by atoms with van der Waals surface area (Å²) in [6.07, 6.45) is 2.63. The number of nitrogens with zero attached hydrogens (tertiary/aromatic N) is 1. The second-order valence-corrected chi connectivity index (χ2v) is 6.50. The van der Waals surface area contributed by atoms with E-state index >= 15 is 0 Å². The van der Waals surface area contributed by atoms with Gasteiger partial charge in [-0.3, -0.25) is 4.90 Å². The summed E-state index contributed by atoms with van der Waals surface area (Å²) < 4.78 is 0.789. The molecular weight excluding hydrogens is 290 g/mol. The Labute approximate surface area is 118 Å². The Morgan fingerprint density at radius 3 is 2.56 bits per heavy atom. The third-order valence-electron chi connectivity index (χ3n) is 3.99. The molecule has 1 aliphatic rings. The fourth-order valence-corrected chi connectivity index (χ4v) is 3.11. The highest BCUT2D eigenvalue weighted by molar-refractivity contribution is 9.10. The van der Waals surface area contributed by atoms with Gasteiger partial charge in [-0.15, -0.1) is 0 Å². The van der Waals surface area contributed by atoms with E-state index < -0.39 is 0 Å². The Hall–Kier alpha value is -0.540. The minimum atomic E-state index is 0.317. The molecule has 1 heterocycles. The van der Waals surface area contributed by atoms with Crippen LogP contribution in [0.25, 0.3) is 0 Å². The van der Waals surface area contributed by atoms with Gasteiger partial charge in [0.1, 0.15) is 5.75 Å². The van der Waals surface area contributed by atoms with Crippen molar-refractivity contribution in [3.05, 3.63) is 28.2 Å². The average Bonchev–Trinajstić information content (AvgIpc) is 2.34. The maximum absolute atomic E-state index is 9.48. The highest BCUT2D eigenvalue weighted by Gasteiger charge is 2.21. The molecule has 2 nitrogen and oxygen atoms in total. The van der Waals surface area contributed by atoms with Crippen LogP contribution in [0.4, 0.5) is 0 Å². The zero-order valence-electron chi connectivity index (χ0n) is 11.2. The maximum atomic E-state index is 9.48. The largest absolute Gasteiger partial charge is 0.507 e. The Bertz CT molecular complexity index is 397. The summed E-state index contributed by atoms with van der Waals surface area (Å²) in [6.45, 7) is 8.04. The average molecular weight is 312 g/mol. The number of phenols is 1. The molecule has 1 aliphatic heterocycles. The van der Waals surface area contributed by atoms with Gasteiger partial charge in [-0.2, -0.15) is 0 Å². The van der Waals surface area contributed by atoms with E-state index in [4.69, 9.17) is 0 Å². The van der Waals surface area contributed by atoms with Gasteiger partial charge in [0.25, 0.3) is 0 Å². The third kappa shape index (κ3) is 3.48. The molecule has 0 aromatic heterocycles. The first kappa shape index (κ1) is 13.9. The number of hydrogen-bond donors (Lipinski definition) is 1. The summed E-state index contributed by atoms with van der Waals surface area (Å²) in [5, 5.41) is 9.48. The van der Waals surface area contributed by atoms with Crippen molar-refractivity contribution in [2.24, 2.45) is 11.8 Å². The molecule has 0 saturated carbocycles. The lowest BCUT2D eigenvalue weighted by Crippen LogP contribution is -2.34. The molecular formula is C15H22BrNO. The molecule has 0 spiro atoms. The minimum Gasteiger partial charge on any atom is -0.507 e. The summed E-state index contributed by atoms with van der Waals surface area (Å²) in [5.74, 6) is 2.03. The summed E-state index contributed by atoms with van der Waals surface area (Å²) in [5.41, 5.74) is 1.27. The Morgan fingerprint density at radius 2 is 2.00 bits per heavy atom. The molecule has 0 radical (unpaired) electrons. The SMILES string of the molecule is CC(C)C1CCN(Cc2ccc(O)c(Br)c2)CC1. The van der Waals surface area contributed by atoms with Crippen LogP contribution in [0.1, 0.15) is 32.3 Å². The summed E-state index contributed by atoms with van der Waals surface area (Å²) in [6, 6.07) is 5.79. The molecule has 1 saturated heterocycles. The van der Waals surface area contributed by atoms with Gasteiger partial charge in [0, 0.05) is 6.54 Å². The zero-order valence-corrected chi connectivity index (χ0v) is 12.8. The van der Waals surface area contributed by atoms with Crippen LogP contribution in [0.3, 0.4) is 0 Å². The van der Waals surface area contributed by atoms with Crippen molar-refractivity contribution in [3.8, 4) is 5.75 Å². The fraction of sp³-hybridized carbons (Fsp3) is 0.600. The van der Waals surface area contributed by atoms with E-state index in [-0.39, 0.29) is 0 Å². The van der Waals surface area contributed by atoms with Gasteiger partial charge in [-0.05, 0) is 71.4 Å². The van der Waals surface area contributed by atoms with Crippen LogP contribution in [0, 0.1) is 11.8 Å². The minimum absolute atomic E-state index is 0.317. The van der Waals surface area contributed by atoms with Crippen molar-refractivity contribution in [2.75, 3.05) is 13.1 Å². The van der Waals surface area contributed by atoms with Gasteiger partial charge >= 0.3 is 0 Å². The smallest absolute Gasteiger partial charge is 0.129 e. The Balaban J connectivity index is 1.89. The molecule has 0 unspecified atom stereocenters. The molecule has 1 aromatic carbocycles. The molecule has 0 atom stereocenters. The number of hydrogen-bond acceptors (Lipinski definition) is 2. The topological polar surface area (TPSA) is 23.5 Å². The van der Waals surface area contributed by atoms with Gasteiger partial charge in [0.2, 0.25) is 0 Å². The molecule has 18 heavy (non-hydrogen) atoms. The van der Waals surface area contributed by atoms with Crippen molar-refractivity contribution in [2.45, 2.75) is 33.2 Å². The Morgan fingerprint density at radius 1 is 1.33 bits per heavy atom. The number of phenolic OH excluding ortho intramolecular Hbond substituents is 1. The standard InChI is InChI=1S/C15H22BrNO/c1-11(2)13-5-7-17(8-6-13)10-12-3-4-15(18)14(16)9-12/h3-4,9,11,13,18H,5-8,10H2,1-2H3. The lowest BCUT2D eigenvalue weighted by Gasteiger charge is -2.33. The predicted molar refractivity (Wildman–Crippen MR) is 78.6 cm³/mol. The van der Waals surface area contributed by atoms with Crippen molar-refractivity contribution in [1.29, 1.82) is 0 Å². The lowest BCUT2D eigenvalue weighted by atomic mass is 9.86. The number of halogens is 1. The number of benzene rings is 1. The molecule has 2 rings (SSSR count). The highest BCUT2D eigenvalue weighted by atomic mass is 79.9. The van der Waals surface area contributed by atoms with Crippen molar-refractivity contribution >= 4 is 15.9 Å². The number of aromatic hydroxyl groups is 1. The van der Waals surface area contributed by atoms with E-state index in [1.807, 2.05) is 12.1 Å². The van der Waals surface area contributed by atoms with Crippen LogP contribution < -0.4 is 0 Å². The van der Waals surface area contributed by atoms with Gasteiger partial charge in [0.05, 0.1) is 4.47 Å². The summed E-state index contributed by atoms with van der Waals surface area (Å²) >= 11 is 3.37. The molecule has 0 amide bonds. The van der Waals surface area contributed by atoms with E-state index in [2.05, 4.69) is 34.7 Å². The normalized spacial score (nSPS) is 18.4. The molecule has 100 valence electrons. The maximum Gasteiger partial charge on any atom is 0.129 e. The van der Waals surface area contributed by atoms with Crippen molar-refractivity contribution in [3.63, 3.8) is 0 Å². The predicted octanol–water partition coefficient (Wildman–Crippen LogP) is 4.02. The van der Waals surface area contributed by atoms with Crippen molar-refractivity contribution in [1.82, 2.24) is 4.90 Å². The fourth-order valence-electron chi connectivity index (χ4n) is 2.68. The van der Waals surface area contributed by atoms with Crippen LogP contribution in [0.5, 0.6) is 5.75 Å². The molecule has 0 aliphatic carbocycles. The van der Waals surface area contributed by atoms with Crippen molar-refractivity contribution < 1.29 is 5.11 Å². The monoisotopic (exact) mass is 311 g/mol. The first-order valence-electron chi connectivity index (χ1n) is 6.76. The van der Waals surface area contributed by atoms with E-state index in [1.54, 1.807) is 6.07 Å². The Kier molecular flexibility index (Phi) is 4.68. The van der Waals surface area contributed by atoms with E-state index in [1.165, 1.54) is 31.5 Å².